The second-order valence-electron chi connectivity index (χ2n) is 13.8. The van der Waals surface area contributed by atoms with Crippen LogP contribution in [0.25, 0.3) is 21.9 Å². The van der Waals surface area contributed by atoms with E-state index in [-0.39, 0.29) is 36.8 Å². The molecule has 0 saturated heterocycles. The van der Waals surface area contributed by atoms with E-state index in [1.165, 1.54) is 25.7 Å². The van der Waals surface area contributed by atoms with E-state index in [4.69, 9.17) is 13.6 Å². The van der Waals surface area contributed by atoms with Gasteiger partial charge in [-0.05, 0) is 80.1 Å². The van der Waals surface area contributed by atoms with Crippen molar-refractivity contribution in [3.63, 3.8) is 0 Å². The van der Waals surface area contributed by atoms with Crippen LogP contribution >= 0.6 is 0 Å². The van der Waals surface area contributed by atoms with Crippen LogP contribution in [0.5, 0.6) is 0 Å². The van der Waals surface area contributed by atoms with Gasteiger partial charge in [-0.3, -0.25) is 9.59 Å². The molecule has 0 aliphatic heterocycles. The zero-order valence-corrected chi connectivity index (χ0v) is 27.9. The van der Waals surface area contributed by atoms with E-state index >= 15 is 0 Å². The minimum absolute atomic E-state index is 0.0601. The number of benzene rings is 3. The number of amides is 1. The van der Waals surface area contributed by atoms with Gasteiger partial charge in [0, 0.05) is 41.5 Å². The van der Waals surface area contributed by atoms with E-state index in [0.717, 1.165) is 71.9 Å². The molecule has 250 valence electrons. The third-order valence-corrected chi connectivity index (χ3v) is 10.4. The van der Waals surface area contributed by atoms with Crippen molar-refractivity contribution in [3.8, 4) is 0 Å². The van der Waals surface area contributed by atoms with Crippen molar-refractivity contribution in [1.29, 1.82) is 0 Å². The largest absolute Gasteiger partial charge is 0.459 e. The molecule has 1 amide bonds. The van der Waals surface area contributed by atoms with Gasteiger partial charge in [0.2, 0.25) is 0 Å². The smallest absolute Gasteiger partial charge is 0.308 e. The molecule has 3 aromatic carbocycles. The summed E-state index contributed by atoms with van der Waals surface area (Å²) in [5.74, 6) is 1.94. The van der Waals surface area contributed by atoms with Crippen molar-refractivity contribution in [1.82, 2.24) is 4.90 Å². The molecule has 7 heteroatoms. The summed E-state index contributed by atoms with van der Waals surface area (Å²) in [4.78, 5) is 28.2. The Morgan fingerprint density at radius 2 is 1.31 bits per heavy atom. The fourth-order valence-corrected chi connectivity index (χ4v) is 7.68. The van der Waals surface area contributed by atoms with Gasteiger partial charge in [0.15, 0.2) is 6.10 Å². The molecular weight excluding hydrogens is 600 g/mol. The van der Waals surface area contributed by atoms with Crippen LogP contribution in [0.15, 0.2) is 93.8 Å². The van der Waals surface area contributed by atoms with Crippen LogP contribution < -0.4 is 5.32 Å². The SMILES string of the molecule is CN(CCC(=O)OC(c1cc2ccccc2o1)C1CCCCC1)C(=O)c1ccc(NC(c2cc3ccccc3o2)C2CCCCC2)cc1. The van der Waals surface area contributed by atoms with Gasteiger partial charge in [0.25, 0.3) is 5.91 Å². The predicted molar refractivity (Wildman–Crippen MR) is 189 cm³/mol. The maximum Gasteiger partial charge on any atom is 0.308 e. The Balaban J connectivity index is 0.977. The Kier molecular flexibility index (Phi) is 9.82. The third kappa shape index (κ3) is 7.30. The molecule has 0 bridgehead atoms. The average Bonchev–Trinajstić information content (AvgIpc) is 3.77. The highest BCUT2D eigenvalue weighted by Gasteiger charge is 2.32. The zero-order valence-electron chi connectivity index (χ0n) is 27.9. The van der Waals surface area contributed by atoms with Crippen molar-refractivity contribution in [2.45, 2.75) is 82.8 Å². The van der Waals surface area contributed by atoms with Gasteiger partial charge in [-0.2, -0.15) is 0 Å². The monoisotopic (exact) mass is 646 g/mol. The van der Waals surface area contributed by atoms with Gasteiger partial charge in [0.1, 0.15) is 22.7 Å². The van der Waals surface area contributed by atoms with Crippen LogP contribution in [0.2, 0.25) is 0 Å². The summed E-state index contributed by atoms with van der Waals surface area (Å²) < 4.78 is 18.6. The molecule has 5 aromatic rings. The molecule has 2 aliphatic carbocycles. The van der Waals surface area contributed by atoms with E-state index in [0.29, 0.717) is 17.2 Å². The molecule has 2 saturated carbocycles. The molecule has 1 N–H and O–H groups in total. The Bertz CT molecular complexity index is 1760. The summed E-state index contributed by atoms with van der Waals surface area (Å²) in [6, 6.07) is 27.9. The van der Waals surface area contributed by atoms with Crippen LogP contribution in [0.1, 0.15) is 105 Å². The summed E-state index contributed by atoms with van der Waals surface area (Å²) in [6.45, 7) is 0.269. The average molecular weight is 647 g/mol. The summed E-state index contributed by atoms with van der Waals surface area (Å²) in [5, 5.41) is 5.86. The number of rotatable bonds is 11. The second kappa shape index (κ2) is 14.7. The standard InChI is InChI=1S/C41H46N2O5/c1-43(25-24-38(44)48-40(29-14-6-3-7-15-29)37-27-32-17-9-11-19-35(32)47-37)41(45)30-20-22-33(23-21-30)42-39(28-12-4-2-5-13-28)36-26-31-16-8-10-18-34(31)46-36/h8-11,16-23,26-29,39-40,42H,2-7,12-15,24-25H2,1H3. The van der Waals surface area contributed by atoms with Crippen LogP contribution in [-0.4, -0.2) is 30.4 Å². The second-order valence-corrected chi connectivity index (χ2v) is 13.8. The topological polar surface area (TPSA) is 84.9 Å². The van der Waals surface area contributed by atoms with Crippen molar-refractivity contribution >= 4 is 39.5 Å². The van der Waals surface area contributed by atoms with Crippen molar-refractivity contribution in [2.75, 3.05) is 18.9 Å². The van der Waals surface area contributed by atoms with Gasteiger partial charge < -0.3 is 23.8 Å². The number of hydrogen-bond donors (Lipinski definition) is 1. The van der Waals surface area contributed by atoms with Gasteiger partial charge in [-0.25, -0.2) is 0 Å². The highest BCUT2D eigenvalue weighted by atomic mass is 16.6. The van der Waals surface area contributed by atoms with Crippen LogP contribution in [0, 0.1) is 11.8 Å². The maximum absolute atomic E-state index is 13.4. The molecule has 7 rings (SSSR count). The Morgan fingerprint density at radius 1 is 0.750 bits per heavy atom. The minimum Gasteiger partial charge on any atom is -0.459 e. The molecule has 2 atom stereocenters. The van der Waals surface area contributed by atoms with E-state index in [2.05, 4.69) is 17.4 Å². The number of furan rings is 2. The highest BCUT2D eigenvalue weighted by Crippen LogP contribution is 2.40. The summed E-state index contributed by atoms with van der Waals surface area (Å²) in [6.07, 6.45) is 11.3. The first-order chi connectivity index (χ1) is 23.5. The fraction of sp³-hybridized carbons (Fsp3) is 0.415. The number of anilines is 1. The number of fused-ring (bicyclic) bond motifs is 2. The van der Waals surface area contributed by atoms with Gasteiger partial charge in [0.05, 0.1) is 12.5 Å². The molecule has 2 aromatic heterocycles. The zero-order chi connectivity index (χ0) is 32.9. The Morgan fingerprint density at radius 3 is 1.94 bits per heavy atom. The molecule has 7 nitrogen and oxygen atoms in total. The minimum atomic E-state index is -0.414. The molecule has 48 heavy (non-hydrogen) atoms. The van der Waals surface area contributed by atoms with E-state index in [9.17, 15) is 9.59 Å². The normalized spacial score (nSPS) is 17.3. The Hall–Kier alpha value is -4.52. The first-order valence-corrected chi connectivity index (χ1v) is 17.8. The first-order valence-electron chi connectivity index (χ1n) is 17.8. The predicted octanol–water partition coefficient (Wildman–Crippen LogP) is 10.2. The maximum atomic E-state index is 13.4. The lowest BCUT2D eigenvalue weighted by molar-refractivity contribution is -0.154. The molecule has 2 heterocycles. The van der Waals surface area contributed by atoms with Crippen molar-refractivity contribution in [3.05, 3.63) is 102 Å². The number of carbonyl (C=O) groups is 2. The number of para-hydroxylation sites is 2. The molecular formula is C41H46N2O5. The summed E-state index contributed by atoms with van der Waals surface area (Å²) in [5.41, 5.74) is 3.24. The lowest BCUT2D eigenvalue weighted by atomic mass is 9.82. The van der Waals surface area contributed by atoms with Gasteiger partial charge in [-0.1, -0.05) is 74.9 Å². The molecule has 2 unspecified atom stereocenters. The fourth-order valence-electron chi connectivity index (χ4n) is 7.68. The van der Waals surface area contributed by atoms with Crippen LogP contribution in [0.4, 0.5) is 5.69 Å². The lowest BCUT2D eigenvalue weighted by Crippen LogP contribution is -2.30. The molecule has 2 fully saturated rings. The third-order valence-electron chi connectivity index (χ3n) is 10.4. The van der Waals surface area contributed by atoms with E-state index in [1.807, 2.05) is 72.8 Å². The van der Waals surface area contributed by atoms with Crippen LogP contribution in [-0.2, 0) is 9.53 Å². The first kappa shape index (κ1) is 32.0. The molecule has 2 aliphatic rings. The quantitative estimate of drug-likeness (QED) is 0.144. The van der Waals surface area contributed by atoms with Gasteiger partial charge >= 0.3 is 5.97 Å². The van der Waals surface area contributed by atoms with Crippen LogP contribution in [0.3, 0.4) is 0 Å². The van der Waals surface area contributed by atoms with Crippen molar-refractivity contribution in [2.24, 2.45) is 11.8 Å². The number of nitrogens with one attached hydrogen (secondary N) is 1. The van der Waals surface area contributed by atoms with E-state index < -0.39 is 6.10 Å². The highest BCUT2D eigenvalue weighted by molar-refractivity contribution is 5.94. The van der Waals surface area contributed by atoms with E-state index in [1.54, 1.807) is 11.9 Å². The number of hydrogen-bond acceptors (Lipinski definition) is 6. The molecule has 0 spiro atoms. The summed E-state index contributed by atoms with van der Waals surface area (Å²) in [7, 11) is 1.74. The lowest BCUT2D eigenvalue weighted by Gasteiger charge is -2.30. The number of nitrogens with zero attached hydrogens (tertiary/aromatic N) is 1. The van der Waals surface area contributed by atoms with Crippen molar-refractivity contribution < 1.29 is 23.2 Å². The number of esters is 1. The number of ether oxygens (including phenoxy) is 1. The summed E-state index contributed by atoms with van der Waals surface area (Å²) >= 11 is 0. The van der Waals surface area contributed by atoms with Gasteiger partial charge in [-0.15, -0.1) is 0 Å². The molecule has 0 radical (unpaired) electrons. The number of carbonyl (C=O) groups excluding carboxylic acids is 2. The Labute approximate surface area is 282 Å².